The van der Waals surface area contributed by atoms with Gasteiger partial charge in [0, 0.05) is 19.8 Å². The highest BCUT2D eigenvalue weighted by Gasteiger charge is 2.54. The summed E-state index contributed by atoms with van der Waals surface area (Å²) < 4.78 is 13.1. The molecule has 2 fully saturated rings. The molecule has 2 saturated heterocycles. The second kappa shape index (κ2) is 7.98. The van der Waals surface area contributed by atoms with E-state index in [2.05, 4.69) is 36.3 Å². The number of carbonyl (C=O) groups excluding carboxylic acids is 1. The van der Waals surface area contributed by atoms with Gasteiger partial charge in [-0.15, -0.1) is 5.10 Å². The summed E-state index contributed by atoms with van der Waals surface area (Å²) in [7, 11) is 0. The first-order valence-corrected chi connectivity index (χ1v) is 10.7. The highest BCUT2D eigenvalue weighted by atomic mass is 16.5. The topological polar surface area (TPSA) is 82.4 Å². The zero-order valence-electron chi connectivity index (χ0n) is 18.3. The van der Waals surface area contributed by atoms with Crippen LogP contribution in [0.1, 0.15) is 64.4 Å². The van der Waals surface area contributed by atoms with Crippen LogP contribution in [0.15, 0.2) is 24.3 Å². The van der Waals surface area contributed by atoms with Gasteiger partial charge in [-0.05, 0) is 75.1 Å². The minimum absolute atomic E-state index is 0.166. The minimum Gasteiger partial charge on any atom is -0.494 e. The van der Waals surface area contributed by atoms with Crippen molar-refractivity contribution >= 4 is 5.91 Å². The lowest BCUT2D eigenvalue weighted by Gasteiger charge is -2.31. The summed E-state index contributed by atoms with van der Waals surface area (Å²) in [5, 5.41) is 12.6. The van der Waals surface area contributed by atoms with Crippen molar-refractivity contribution in [2.75, 3.05) is 19.8 Å². The Bertz CT molecular complexity index is 898. The molecule has 1 atom stereocenters. The summed E-state index contributed by atoms with van der Waals surface area (Å²) in [6, 6.07) is 7.79. The number of amides is 1. The van der Waals surface area contributed by atoms with Crippen LogP contribution in [0.2, 0.25) is 0 Å². The lowest BCUT2D eigenvalue weighted by molar-refractivity contribution is -0.141. The Kier molecular flexibility index (Phi) is 5.53. The fourth-order valence-electron chi connectivity index (χ4n) is 4.58. The van der Waals surface area contributed by atoms with Crippen molar-refractivity contribution in [3.63, 3.8) is 0 Å². The number of aromatic nitrogens is 4. The molecule has 2 aromatic rings. The van der Waals surface area contributed by atoms with Gasteiger partial charge in [0.1, 0.15) is 5.75 Å². The lowest BCUT2D eigenvalue weighted by atomic mass is 9.77. The molecule has 8 nitrogen and oxygen atoms in total. The Balaban J connectivity index is 1.70. The van der Waals surface area contributed by atoms with Gasteiger partial charge in [0.25, 0.3) is 0 Å². The summed E-state index contributed by atoms with van der Waals surface area (Å²) in [6.45, 7) is 10.5. The molecule has 162 valence electrons. The Hall–Kier alpha value is -2.48. The van der Waals surface area contributed by atoms with Crippen molar-refractivity contribution < 1.29 is 14.3 Å². The molecule has 0 bridgehead atoms. The van der Waals surface area contributed by atoms with Gasteiger partial charge in [0.15, 0.2) is 5.82 Å². The molecule has 0 aliphatic carbocycles. The molecule has 1 aromatic heterocycles. The largest absolute Gasteiger partial charge is 0.494 e. The monoisotopic (exact) mass is 413 g/mol. The van der Waals surface area contributed by atoms with E-state index in [1.165, 1.54) is 0 Å². The van der Waals surface area contributed by atoms with Gasteiger partial charge < -0.3 is 14.4 Å². The highest BCUT2D eigenvalue weighted by Crippen LogP contribution is 2.50. The van der Waals surface area contributed by atoms with Gasteiger partial charge >= 0.3 is 0 Å². The van der Waals surface area contributed by atoms with Crippen LogP contribution in [0.5, 0.6) is 5.75 Å². The summed E-state index contributed by atoms with van der Waals surface area (Å²) in [5.74, 6) is 1.75. The predicted octanol–water partition coefficient (Wildman–Crippen LogP) is 3.10. The van der Waals surface area contributed by atoms with E-state index in [4.69, 9.17) is 9.47 Å². The predicted molar refractivity (Wildman–Crippen MR) is 111 cm³/mol. The second-order valence-electron chi connectivity index (χ2n) is 9.25. The van der Waals surface area contributed by atoms with Crippen LogP contribution in [0.4, 0.5) is 0 Å². The Morgan fingerprint density at radius 2 is 2.03 bits per heavy atom. The molecule has 4 rings (SSSR count). The third kappa shape index (κ3) is 3.80. The molecule has 1 aromatic carbocycles. The maximum absolute atomic E-state index is 13.7. The number of nitrogens with zero attached hydrogens (tertiary/aromatic N) is 5. The molecule has 0 saturated carbocycles. The first kappa shape index (κ1) is 20.8. The fraction of sp³-hybridized carbons (Fsp3) is 0.636. The number of hydrogen-bond acceptors (Lipinski definition) is 6. The van der Waals surface area contributed by atoms with Crippen LogP contribution in [0, 0.1) is 5.41 Å². The normalized spacial score (nSPS) is 21.4. The number of ether oxygens (including phenoxy) is 2. The molecule has 0 N–H and O–H groups in total. The lowest BCUT2D eigenvalue weighted by Crippen LogP contribution is -2.39. The Morgan fingerprint density at radius 1 is 1.27 bits per heavy atom. The van der Waals surface area contributed by atoms with Gasteiger partial charge in [-0.3, -0.25) is 4.79 Å². The van der Waals surface area contributed by atoms with E-state index in [1.54, 1.807) is 0 Å². The van der Waals surface area contributed by atoms with Gasteiger partial charge in [-0.1, -0.05) is 12.1 Å². The van der Waals surface area contributed by atoms with E-state index in [1.807, 2.05) is 40.8 Å². The van der Waals surface area contributed by atoms with Crippen LogP contribution in [-0.2, 0) is 21.6 Å². The van der Waals surface area contributed by atoms with Crippen LogP contribution in [-0.4, -0.2) is 50.8 Å². The van der Waals surface area contributed by atoms with Crippen molar-refractivity contribution in [2.45, 2.75) is 65.1 Å². The van der Waals surface area contributed by atoms with E-state index >= 15 is 0 Å². The Labute approximate surface area is 177 Å². The highest BCUT2D eigenvalue weighted by molar-refractivity contribution is 5.85. The van der Waals surface area contributed by atoms with Gasteiger partial charge in [-0.25, -0.2) is 4.68 Å². The SMILES string of the molecule is CCOc1cccc(CN2C(=O)C3(CCOCC3)CC2c2nnnn2C(C)(C)C)c1. The maximum atomic E-state index is 13.7. The molecule has 8 heteroatoms. The summed E-state index contributed by atoms with van der Waals surface area (Å²) in [4.78, 5) is 15.7. The van der Waals surface area contributed by atoms with Crippen LogP contribution in [0.3, 0.4) is 0 Å². The van der Waals surface area contributed by atoms with Crippen molar-refractivity contribution in [3.05, 3.63) is 35.7 Å². The number of rotatable bonds is 5. The van der Waals surface area contributed by atoms with Gasteiger partial charge in [0.2, 0.25) is 5.91 Å². The molecule has 1 unspecified atom stereocenters. The van der Waals surface area contributed by atoms with Crippen LogP contribution < -0.4 is 4.74 Å². The standard InChI is InChI=1S/C22H31N5O3/c1-5-30-17-8-6-7-16(13-17)15-26-18(19-23-24-25-27(19)21(2,3)4)14-22(20(26)28)9-11-29-12-10-22/h6-8,13,18H,5,9-12,14-15H2,1-4H3. The molecule has 1 spiro atoms. The average molecular weight is 414 g/mol. The van der Waals surface area contributed by atoms with E-state index in [0.717, 1.165) is 36.4 Å². The van der Waals surface area contributed by atoms with Gasteiger partial charge in [-0.2, -0.15) is 0 Å². The van der Waals surface area contributed by atoms with Crippen molar-refractivity contribution in [2.24, 2.45) is 5.41 Å². The average Bonchev–Trinajstić information content (AvgIpc) is 3.29. The second-order valence-corrected chi connectivity index (χ2v) is 9.25. The minimum atomic E-state index is -0.394. The first-order valence-electron chi connectivity index (χ1n) is 10.7. The third-order valence-corrected chi connectivity index (χ3v) is 6.11. The van der Waals surface area contributed by atoms with Crippen LogP contribution >= 0.6 is 0 Å². The molecule has 2 aliphatic heterocycles. The number of carbonyl (C=O) groups is 1. The van der Waals surface area contributed by atoms with E-state index in [-0.39, 0.29) is 17.5 Å². The molecule has 30 heavy (non-hydrogen) atoms. The fourth-order valence-corrected chi connectivity index (χ4v) is 4.58. The summed E-state index contributed by atoms with van der Waals surface area (Å²) in [6.07, 6.45) is 2.21. The molecule has 2 aliphatic rings. The van der Waals surface area contributed by atoms with E-state index < -0.39 is 5.41 Å². The summed E-state index contributed by atoms with van der Waals surface area (Å²) >= 11 is 0. The smallest absolute Gasteiger partial charge is 0.229 e. The molecule has 1 amide bonds. The first-order chi connectivity index (χ1) is 14.3. The van der Waals surface area contributed by atoms with Gasteiger partial charge in [0.05, 0.1) is 23.6 Å². The van der Waals surface area contributed by atoms with Crippen LogP contribution in [0.25, 0.3) is 0 Å². The van der Waals surface area contributed by atoms with E-state index in [0.29, 0.717) is 26.4 Å². The van der Waals surface area contributed by atoms with Crippen molar-refractivity contribution in [3.8, 4) is 5.75 Å². The maximum Gasteiger partial charge on any atom is 0.229 e. The quantitative estimate of drug-likeness (QED) is 0.749. The van der Waals surface area contributed by atoms with Crippen molar-refractivity contribution in [1.82, 2.24) is 25.1 Å². The number of tetrazole rings is 1. The third-order valence-electron chi connectivity index (χ3n) is 6.11. The van der Waals surface area contributed by atoms with E-state index in [9.17, 15) is 4.79 Å². The molecule has 0 radical (unpaired) electrons. The molecule has 3 heterocycles. The molecular weight excluding hydrogens is 382 g/mol. The number of benzene rings is 1. The van der Waals surface area contributed by atoms with Crippen molar-refractivity contribution in [1.29, 1.82) is 0 Å². The molecular formula is C22H31N5O3. The number of hydrogen-bond donors (Lipinski definition) is 0. The zero-order chi connectivity index (χ0) is 21.4. The number of likely N-dealkylation sites (tertiary alicyclic amines) is 1. The Morgan fingerprint density at radius 3 is 2.73 bits per heavy atom. The zero-order valence-corrected chi connectivity index (χ0v) is 18.3. The summed E-state index contributed by atoms with van der Waals surface area (Å²) in [5.41, 5.74) is 0.376.